The highest BCUT2D eigenvalue weighted by Gasteiger charge is 2.11. The van der Waals surface area contributed by atoms with Crippen LogP contribution >= 0.6 is 11.6 Å². The predicted molar refractivity (Wildman–Crippen MR) is 84.7 cm³/mol. The van der Waals surface area contributed by atoms with E-state index in [-0.39, 0.29) is 6.04 Å². The molecule has 0 bridgehead atoms. The van der Waals surface area contributed by atoms with E-state index in [9.17, 15) is 0 Å². The largest absolute Gasteiger partial charge is 0.495 e. The number of fused-ring (bicyclic) bond motifs is 1. The maximum atomic E-state index is 6.30. The molecule has 1 heterocycles. The molecule has 4 nitrogen and oxygen atoms in total. The zero-order chi connectivity index (χ0) is 14.8. The molecule has 21 heavy (non-hydrogen) atoms. The Balaban J connectivity index is 1.87. The van der Waals surface area contributed by atoms with Gasteiger partial charge in [0, 0.05) is 12.6 Å². The third kappa shape index (κ3) is 2.73. The standard InChI is InChI=1S/C16H16ClN3O/c1-21-16-8-11(6-7-12(16)17)13(18)9-20-10-19-14-4-2-3-5-15(14)20/h2-8,10,13H,9,18H2,1H3. The molecule has 0 saturated carbocycles. The number of nitrogens with zero attached hydrogens (tertiary/aromatic N) is 2. The molecule has 1 atom stereocenters. The first-order valence-corrected chi connectivity index (χ1v) is 7.05. The first kappa shape index (κ1) is 13.9. The molecular formula is C16H16ClN3O. The molecule has 1 unspecified atom stereocenters. The van der Waals surface area contributed by atoms with Crippen LogP contribution in [0.4, 0.5) is 0 Å². The summed E-state index contributed by atoms with van der Waals surface area (Å²) >= 11 is 6.04. The molecular weight excluding hydrogens is 286 g/mol. The van der Waals surface area contributed by atoms with Crippen LogP contribution in [0, 0.1) is 0 Å². The maximum Gasteiger partial charge on any atom is 0.137 e. The molecule has 0 amide bonds. The molecule has 1 aromatic heterocycles. The quantitative estimate of drug-likeness (QED) is 0.803. The summed E-state index contributed by atoms with van der Waals surface area (Å²) in [6, 6.07) is 13.5. The van der Waals surface area contributed by atoms with Crippen molar-refractivity contribution in [3.05, 3.63) is 59.4 Å². The highest BCUT2D eigenvalue weighted by Crippen LogP contribution is 2.28. The van der Waals surface area contributed by atoms with E-state index in [1.54, 1.807) is 7.11 Å². The Labute approximate surface area is 128 Å². The van der Waals surface area contributed by atoms with Gasteiger partial charge in [0.1, 0.15) is 5.75 Å². The molecule has 0 fully saturated rings. The van der Waals surface area contributed by atoms with Gasteiger partial charge >= 0.3 is 0 Å². The van der Waals surface area contributed by atoms with Gasteiger partial charge < -0.3 is 15.0 Å². The van der Waals surface area contributed by atoms with E-state index in [1.165, 1.54) is 0 Å². The SMILES string of the molecule is COc1cc(C(N)Cn2cnc3ccccc32)ccc1Cl. The molecule has 2 N–H and O–H groups in total. The van der Waals surface area contributed by atoms with Crippen LogP contribution < -0.4 is 10.5 Å². The van der Waals surface area contributed by atoms with E-state index >= 15 is 0 Å². The first-order chi connectivity index (χ1) is 10.2. The summed E-state index contributed by atoms with van der Waals surface area (Å²) in [7, 11) is 1.60. The summed E-state index contributed by atoms with van der Waals surface area (Å²) < 4.78 is 7.29. The number of rotatable bonds is 4. The van der Waals surface area contributed by atoms with Gasteiger partial charge in [-0.2, -0.15) is 0 Å². The van der Waals surface area contributed by atoms with Gasteiger partial charge in [-0.15, -0.1) is 0 Å². The molecule has 0 aliphatic rings. The van der Waals surface area contributed by atoms with Crippen molar-refractivity contribution in [1.82, 2.24) is 9.55 Å². The van der Waals surface area contributed by atoms with Gasteiger partial charge in [-0.3, -0.25) is 0 Å². The maximum absolute atomic E-state index is 6.30. The van der Waals surface area contributed by atoms with Crippen LogP contribution in [0.3, 0.4) is 0 Å². The van der Waals surface area contributed by atoms with E-state index in [0.717, 1.165) is 16.6 Å². The Morgan fingerprint density at radius 3 is 2.90 bits per heavy atom. The molecule has 0 spiro atoms. The number of hydrogen-bond acceptors (Lipinski definition) is 3. The van der Waals surface area contributed by atoms with Gasteiger partial charge in [0.05, 0.1) is 29.5 Å². The third-order valence-electron chi connectivity index (χ3n) is 3.52. The van der Waals surface area contributed by atoms with Crippen molar-refractivity contribution in [2.45, 2.75) is 12.6 Å². The Kier molecular flexibility index (Phi) is 3.82. The number of benzene rings is 2. The highest BCUT2D eigenvalue weighted by atomic mass is 35.5. The van der Waals surface area contributed by atoms with Crippen molar-refractivity contribution in [2.24, 2.45) is 5.73 Å². The molecule has 5 heteroatoms. The summed E-state index contributed by atoms with van der Waals surface area (Å²) in [6.07, 6.45) is 1.82. The van der Waals surface area contributed by atoms with Gasteiger partial charge in [-0.25, -0.2) is 4.98 Å². The monoisotopic (exact) mass is 301 g/mol. The minimum atomic E-state index is -0.159. The molecule has 3 aromatic rings. The van der Waals surface area contributed by atoms with Crippen LogP contribution in [-0.4, -0.2) is 16.7 Å². The molecule has 2 aromatic carbocycles. The van der Waals surface area contributed by atoms with Crippen molar-refractivity contribution in [3.63, 3.8) is 0 Å². The Hall–Kier alpha value is -2.04. The molecule has 3 rings (SSSR count). The fourth-order valence-corrected chi connectivity index (χ4v) is 2.57. The minimum absolute atomic E-state index is 0.159. The predicted octanol–water partition coefficient (Wildman–Crippen LogP) is 3.40. The van der Waals surface area contributed by atoms with Crippen LogP contribution in [0.1, 0.15) is 11.6 Å². The Bertz CT molecular complexity index is 769. The number of halogens is 1. The Morgan fingerprint density at radius 1 is 1.29 bits per heavy atom. The van der Waals surface area contributed by atoms with Gasteiger partial charge in [-0.1, -0.05) is 29.8 Å². The van der Waals surface area contributed by atoms with Crippen molar-refractivity contribution < 1.29 is 4.74 Å². The van der Waals surface area contributed by atoms with Crippen LogP contribution in [-0.2, 0) is 6.54 Å². The van der Waals surface area contributed by atoms with Gasteiger partial charge in [0.15, 0.2) is 0 Å². The fraction of sp³-hybridized carbons (Fsp3) is 0.188. The van der Waals surface area contributed by atoms with E-state index in [1.807, 2.05) is 48.8 Å². The topological polar surface area (TPSA) is 53.1 Å². The van der Waals surface area contributed by atoms with Crippen molar-refractivity contribution in [3.8, 4) is 5.75 Å². The summed E-state index contributed by atoms with van der Waals surface area (Å²) in [5, 5.41) is 0.585. The number of imidazole rings is 1. The summed E-state index contributed by atoms with van der Waals surface area (Å²) in [4.78, 5) is 4.37. The van der Waals surface area contributed by atoms with E-state index in [4.69, 9.17) is 22.1 Å². The Morgan fingerprint density at radius 2 is 2.10 bits per heavy atom. The second-order valence-corrected chi connectivity index (χ2v) is 5.29. The zero-order valence-electron chi connectivity index (χ0n) is 11.7. The van der Waals surface area contributed by atoms with Crippen LogP contribution in [0.5, 0.6) is 5.75 Å². The molecule has 0 saturated heterocycles. The van der Waals surface area contributed by atoms with Gasteiger partial charge in [0.2, 0.25) is 0 Å². The summed E-state index contributed by atoms with van der Waals surface area (Å²) in [5.41, 5.74) is 9.33. The fourth-order valence-electron chi connectivity index (χ4n) is 2.38. The smallest absolute Gasteiger partial charge is 0.137 e. The number of aromatic nitrogens is 2. The lowest BCUT2D eigenvalue weighted by atomic mass is 10.1. The minimum Gasteiger partial charge on any atom is -0.495 e. The average molecular weight is 302 g/mol. The van der Waals surface area contributed by atoms with Crippen LogP contribution in [0.2, 0.25) is 5.02 Å². The summed E-state index contributed by atoms with van der Waals surface area (Å²) in [5.74, 6) is 0.639. The lowest BCUT2D eigenvalue weighted by Crippen LogP contribution is -2.17. The van der Waals surface area contributed by atoms with Crippen LogP contribution in [0.15, 0.2) is 48.8 Å². The number of ether oxygens (including phenoxy) is 1. The van der Waals surface area contributed by atoms with E-state index < -0.39 is 0 Å². The highest BCUT2D eigenvalue weighted by molar-refractivity contribution is 6.32. The average Bonchev–Trinajstić information content (AvgIpc) is 2.91. The number of methoxy groups -OCH3 is 1. The number of nitrogens with two attached hydrogens (primary N) is 1. The van der Waals surface area contributed by atoms with Gasteiger partial charge in [-0.05, 0) is 29.8 Å². The number of hydrogen-bond donors (Lipinski definition) is 1. The first-order valence-electron chi connectivity index (χ1n) is 6.68. The molecule has 0 radical (unpaired) electrons. The van der Waals surface area contributed by atoms with Crippen molar-refractivity contribution in [1.29, 1.82) is 0 Å². The zero-order valence-corrected chi connectivity index (χ0v) is 12.4. The lowest BCUT2D eigenvalue weighted by molar-refractivity contribution is 0.413. The normalized spacial score (nSPS) is 12.5. The summed E-state index contributed by atoms with van der Waals surface area (Å²) in [6.45, 7) is 0.644. The van der Waals surface area contributed by atoms with E-state index in [2.05, 4.69) is 9.55 Å². The third-order valence-corrected chi connectivity index (χ3v) is 3.84. The number of para-hydroxylation sites is 2. The second kappa shape index (κ2) is 5.76. The van der Waals surface area contributed by atoms with Gasteiger partial charge in [0.25, 0.3) is 0 Å². The van der Waals surface area contributed by atoms with Crippen LogP contribution in [0.25, 0.3) is 11.0 Å². The second-order valence-electron chi connectivity index (χ2n) is 4.89. The van der Waals surface area contributed by atoms with Crippen molar-refractivity contribution >= 4 is 22.6 Å². The lowest BCUT2D eigenvalue weighted by Gasteiger charge is -2.15. The molecule has 0 aliphatic heterocycles. The van der Waals surface area contributed by atoms with Crippen molar-refractivity contribution in [2.75, 3.05) is 7.11 Å². The molecule has 108 valence electrons. The van der Waals surface area contributed by atoms with E-state index in [0.29, 0.717) is 17.3 Å². The molecule has 0 aliphatic carbocycles.